The van der Waals surface area contributed by atoms with Crippen molar-refractivity contribution in [3.05, 3.63) is 48.0 Å². The molecule has 0 bridgehead atoms. The van der Waals surface area contributed by atoms with Crippen molar-refractivity contribution in [2.45, 2.75) is 32.7 Å². The van der Waals surface area contributed by atoms with Gasteiger partial charge in [0.05, 0.1) is 0 Å². The standard InChI is InChI=1S/C21H26N2O/c1-2-23(20(24)19-14-21(19)9-11-22-12-10-21)15-16-7-8-17-5-3-4-6-18(17)13-16/h3-8,13,19,22H,2,9-12,14-15H2,1H3. The molecule has 4 rings (SSSR count). The summed E-state index contributed by atoms with van der Waals surface area (Å²) in [4.78, 5) is 15.0. The molecule has 1 spiro atoms. The zero-order valence-electron chi connectivity index (χ0n) is 14.4. The summed E-state index contributed by atoms with van der Waals surface area (Å²) in [5.41, 5.74) is 1.54. The van der Waals surface area contributed by atoms with E-state index in [0.717, 1.165) is 45.4 Å². The number of amides is 1. The highest BCUT2D eigenvalue weighted by molar-refractivity contribution is 5.84. The van der Waals surface area contributed by atoms with Crippen LogP contribution in [-0.4, -0.2) is 30.4 Å². The van der Waals surface area contributed by atoms with Crippen LogP contribution in [0.3, 0.4) is 0 Å². The van der Waals surface area contributed by atoms with E-state index in [-0.39, 0.29) is 5.92 Å². The highest BCUT2D eigenvalue weighted by atomic mass is 16.2. The quantitative estimate of drug-likeness (QED) is 0.933. The molecule has 1 heterocycles. The van der Waals surface area contributed by atoms with Crippen LogP contribution in [-0.2, 0) is 11.3 Å². The fourth-order valence-electron chi connectivity index (χ4n) is 4.30. The number of fused-ring (bicyclic) bond motifs is 1. The monoisotopic (exact) mass is 322 g/mol. The second-order valence-electron chi connectivity index (χ2n) is 7.40. The van der Waals surface area contributed by atoms with Gasteiger partial charge >= 0.3 is 0 Å². The van der Waals surface area contributed by atoms with Crippen molar-refractivity contribution >= 4 is 16.7 Å². The van der Waals surface area contributed by atoms with Crippen LogP contribution in [0.2, 0.25) is 0 Å². The van der Waals surface area contributed by atoms with Gasteiger partial charge in [-0.2, -0.15) is 0 Å². The third-order valence-electron chi connectivity index (χ3n) is 5.97. The lowest BCUT2D eigenvalue weighted by atomic mass is 9.91. The van der Waals surface area contributed by atoms with Gasteiger partial charge in [0.15, 0.2) is 0 Å². The molecule has 2 aromatic rings. The van der Waals surface area contributed by atoms with Gasteiger partial charge < -0.3 is 10.2 Å². The van der Waals surface area contributed by atoms with E-state index < -0.39 is 0 Å². The second kappa shape index (κ2) is 6.21. The minimum absolute atomic E-state index is 0.264. The summed E-state index contributed by atoms with van der Waals surface area (Å²) < 4.78 is 0. The molecule has 3 nitrogen and oxygen atoms in total. The van der Waals surface area contributed by atoms with Crippen molar-refractivity contribution in [2.75, 3.05) is 19.6 Å². The third-order valence-corrected chi connectivity index (χ3v) is 5.97. The van der Waals surface area contributed by atoms with Crippen LogP contribution >= 0.6 is 0 Å². The summed E-state index contributed by atoms with van der Waals surface area (Å²) in [6.45, 7) is 5.75. The molecule has 2 aliphatic rings. The van der Waals surface area contributed by atoms with Crippen LogP contribution < -0.4 is 5.32 Å². The van der Waals surface area contributed by atoms with Gasteiger partial charge in [-0.3, -0.25) is 4.79 Å². The smallest absolute Gasteiger partial charge is 0.226 e. The molecule has 1 atom stereocenters. The minimum atomic E-state index is 0.264. The normalized spacial score (nSPS) is 21.8. The van der Waals surface area contributed by atoms with Gasteiger partial charge in [0, 0.05) is 19.0 Å². The Kier molecular flexibility index (Phi) is 4.05. The van der Waals surface area contributed by atoms with Gasteiger partial charge in [0.2, 0.25) is 5.91 Å². The number of rotatable bonds is 4. The van der Waals surface area contributed by atoms with E-state index in [0.29, 0.717) is 11.3 Å². The first-order chi connectivity index (χ1) is 11.7. The Hall–Kier alpha value is -1.87. The zero-order chi connectivity index (χ0) is 16.6. The number of carbonyl (C=O) groups excluding carboxylic acids is 1. The van der Waals surface area contributed by atoms with Gasteiger partial charge in [0.25, 0.3) is 0 Å². The number of carbonyl (C=O) groups is 1. The lowest BCUT2D eigenvalue weighted by Gasteiger charge is -2.26. The number of nitrogens with one attached hydrogen (secondary N) is 1. The highest BCUT2D eigenvalue weighted by Gasteiger charge is 2.58. The Bertz CT molecular complexity index is 748. The predicted octanol–water partition coefficient (Wildman–Crippen LogP) is 3.58. The lowest BCUT2D eigenvalue weighted by Crippen LogP contribution is -2.36. The maximum absolute atomic E-state index is 13.0. The van der Waals surface area contributed by atoms with Crippen LogP contribution in [0.25, 0.3) is 10.8 Å². The molecular formula is C21H26N2O. The molecule has 1 saturated carbocycles. The minimum Gasteiger partial charge on any atom is -0.338 e. The van der Waals surface area contributed by atoms with E-state index in [1.54, 1.807) is 0 Å². The fourth-order valence-corrected chi connectivity index (χ4v) is 4.30. The molecule has 2 aromatic carbocycles. The van der Waals surface area contributed by atoms with Gasteiger partial charge in [-0.1, -0.05) is 36.4 Å². The summed E-state index contributed by atoms with van der Waals surface area (Å²) in [5.74, 6) is 0.632. The average molecular weight is 322 g/mol. The molecule has 0 aromatic heterocycles. The molecule has 3 heteroatoms. The van der Waals surface area contributed by atoms with E-state index in [2.05, 4.69) is 54.7 Å². The molecular weight excluding hydrogens is 296 g/mol. The molecule has 126 valence electrons. The molecule has 0 radical (unpaired) electrons. The number of piperidine rings is 1. The molecule has 24 heavy (non-hydrogen) atoms. The Balaban J connectivity index is 1.48. The van der Waals surface area contributed by atoms with Crippen molar-refractivity contribution in [3.63, 3.8) is 0 Å². The number of hydrogen-bond donors (Lipinski definition) is 1. The molecule has 1 aliphatic heterocycles. The maximum atomic E-state index is 13.0. The van der Waals surface area contributed by atoms with E-state index >= 15 is 0 Å². The highest BCUT2D eigenvalue weighted by Crippen LogP contribution is 2.59. The van der Waals surface area contributed by atoms with Crippen LogP contribution in [0.15, 0.2) is 42.5 Å². The first-order valence-electron chi connectivity index (χ1n) is 9.19. The predicted molar refractivity (Wildman–Crippen MR) is 97.7 cm³/mol. The van der Waals surface area contributed by atoms with Gasteiger partial charge in [0.1, 0.15) is 0 Å². The molecule has 1 unspecified atom stereocenters. The molecule has 2 fully saturated rings. The van der Waals surface area contributed by atoms with Crippen molar-refractivity contribution in [2.24, 2.45) is 11.3 Å². The van der Waals surface area contributed by atoms with E-state index in [4.69, 9.17) is 0 Å². The largest absolute Gasteiger partial charge is 0.338 e. The van der Waals surface area contributed by atoms with Crippen molar-refractivity contribution < 1.29 is 4.79 Å². The summed E-state index contributed by atoms with van der Waals surface area (Å²) in [7, 11) is 0. The fraction of sp³-hybridized carbons (Fsp3) is 0.476. The summed E-state index contributed by atoms with van der Waals surface area (Å²) >= 11 is 0. The lowest BCUT2D eigenvalue weighted by molar-refractivity contribution is -0.134. The van der Waals surface area contributed by atoms with Crippen molar-refractivity contribution in [1.82, 2.24) is 10.2 Å². The molecule has 1 saturated heterocycles. The van der Waals surface area contributed by atoms with Crippen LogP contribution in [0.5, 0.6) is 0 Å². The summed E-state index contributed by atoms with van der Waals surface area (Å²) in [6.07, 6.45) is 3.43. The van der Waals surface area contributed by atoms with Gasteiger partial charge in [-0.25, -0.2) is 0 Å². The third kappa shape index (κ3) is 2.82. The SMILES string of the molecule is CCN(Cc1ccc2ccccc2c1)C(=O)C1CC12CCNCC2. The van der Waals surface area contributed by atoms with Crippen molar-refractivity contribution in [1.29, 1.82) is 0 Å². The molecule has 1 aliphatic carbocycles. The number of nitrogens with zero attached hydrogens (tertiary/aromatic N) is 1. The molecule has 1 amide bonds. The topological polar surface area (TPSA) is 32.3 Å². The van der Waals surface area contributed by atoms with Gasteiger partial charge in [-0.05, 0) is 67.1 Å². The van der Waals surface area contributed by atoms with Crippen LogP contribution in [0, 0.1) is 11.3 Å². The molecule has 1 N–H and O–H groups in total. The second-order valence-corrected chi connectivity index (χ2v) is 7.40. The van der Waals surface area contributed by atoms with Gasteiger partial charge in [-0.15, -0.1) is 0 Å². The Morgan fingerprint density at radius 1 is 1.17 bits per heavy atom. The first kappa shape index (κ1) is 15.6. The van der Waals surface area contributed by atoms with E-state index in [1.165, 1.54) is 16.3 Å². The maximum Gasteiger partial charge on any atom is 0.226 e. The van der Waals surface area contributed by atoms with Crippen molar-refractivity contribution in [3.8, 4) is 0 Å². The zero-order valence-corrected chi connectivity index (χ0v) is 14.4. The Morgan fingerprint density at radius 3 is 2.67 bits per heavy atom. The number of hydrogen-bond acceptors (Lipinski definition) is 2. The van der Waals surface area contributed by atoms with Crippen LogP contribution in [0.4, 0.5) is 0 Å². The van der Waals surface area contributed by atoms with Crippen LogP contribution in [0.1, 0.15) is 31.7 Å². The first-order valence-corrected chi connectivity index (χ1v) is 9.19. The summed E-state index contributed by atoms with van der Waals surface area (Å²) in [5, 5.41) is 5.92. The number of benzene rings is 2. The van der Waals surface area contributed by atoms with E-state index in [1.807, 2.05) is 4.90 Å². The van der Waals surface area contributed by atoms with E-state index in [9.17, 15) is 4.79 Å². The Labute approximate surface area is 144 Å². The summed E-state index contributed by atoms with van der Waals surface area (Å²) in [6, 6.07) is 14.9. The average Bonchev–Trinajstić information content (AvgIpc) is 3.32. The Morgan fingerprint density at radius 2 is 1.92 bits per heavy atom.